The van der Waals surface area contributed by atoms with Crippen LogP contribution in [0.1, 0.15) is 25.6 Å². The molecular weight excluding hydrogens is 405 g/mol. The molecule has 1 N–H and O–H groups in total. The number of methoxy groups -OCH3 is 1. The first-order chi connectivity index (χ1) is 14.8. The summed E-state index contributed by atoms with van der Waals surface area (Å²) in [5.74, 6) is -1.79. The highest BCUT2D eigenvalue weighted by Gasteiger charge is 2.26. The van der Waals surface area contributed by atoms with Crippen LogP contribution in [-0.2, 0) is 16.1 Å². The number of pyridine rings is 1. The molecule has 0 radical (unpaired) electrons. The van der Waals surface area contributed by atoms with E-state index in [0.717, 1.165) is 4.57 Å². The van der Waals surface area contributed by atoms with Crippen LogP contribution in [0.5, 0.6) is 0 Å². The number of rotatable bonds is 6. The second-order valence-electron chi connectivity index (χ2n) is 7.49. The van der Waals surface area contributed by atoms with Crippen LogP contribution >= 0.6 is 0 Å². The SMILES string of the molecule is COCc1nn2c(nnc3c(=O)n(C(C(=O)O)C(C)C)ccc32)c1-c1ccc(F)cc1. The van der Waals surface area contributed by atoms with Crippen molar-refractivity contribution >= 4 is 22.6 Å². The molecule has 0 aliphatic heterocycles. The Balaban J connectivity index is 1.99. The van der Waals surface area contributed by atoms with Gasteiger partial charge in [0.1, 0.15) is 17.4 Å². The molecule has 1 aromatic carbocycles. The predicted octanol–water partition coefficient (Wildman–Crippen LogP) is 2.67. The molecule has 0 saturated heterocycles. The van der Waals surface area contributed by atoms with Crippen LogP contribution in [0.3, 0.4) is 0 Å². The molecule has 3 heterocycles. The Morgan fingerprint density at radius 1 is 1.19 bits per heavy atom. The minimum Gasteiger partial charge on any atom is -0.480 e. The normalized spacial score (nSPS) is 12.7. The third kappa shape index (κ3) is 3.44. The summed E-state index contributed by atoms with van der Waals surface area (Å²) in [4.78, 5) is 24.7. The molecule has 0 spiro atoms. The highest BCUT2D eigenvalue weighted by molar-refractivity contribution is 5.84. The number of hydrogen-bond donors (Lipinski definition) is 1. The van der Waals surface area contributed by atoms with Crippen molar-refractivity contribution in [3.63, 3.8) is 0 Å². The Kier molecular flexibility index (Phi) is 5.24. The molecule has 0 aliphatic rings. The van der Waals surface area contributed by atoms with Crippen LogP contribution in [0.25, 0.3) is 27.8 Å². The monoisotopic (exact) mass is 425 g/mol. The first-order valence-electron chi connectivity index (χ1n) is 9.60. The lowest BCUT2D eigenvalue weighted by molar-refractivity contribution is -0.142. The number of aliphatic carboxylic acids is 1. The van der Waals surface area contributed by atoms with E-state index in [1.54, 1.807) is 32.0 Å². The average molecular weight is 425 g/mol. The fraction of sp³-hybridized carbons (Fsp3) is 0.286. The first-order valence-corrected chi connectivity index (χ1v) is 9.60. The Morgan fingerprint density at radius 3 is 2.52 bits per heavy atom. The van der Waals surface area contributed by atoms with Crippen molar-refractivity contribution in [2.24, 2.45) is 5.92 Å². The number of aromatic nitrogens is 5. The first kappa shape index (κ1) is 20.6. The quantitative estimate of drug-likeness (QED) is 0.505. The molecule has 0 fully saturated rings. The molecule has 1 atom stereocenters. The zero-order valence-corrected chi connectivity index (χ0v) is 17.1. The van der Waals surface area contributed by atoms with Gasteiger partial charge in [-0.2, -0.15) is 5.10 Å². The summed E-state index contributed by atoms with van der Waals surface area (Å²) in [6, 6.07) is 6.44. The molecule has 0 bridgehead atoms. The average Bonchev–Trinajstić information content (AvgIpc) is 3.08. The van der Waals surface area contributed by atoms with E-state index < -0.39 is 17.6 Å². The summed E-state index contributed by atoms with van der Waals surface area (Å²) >= 11 is 0. The van der Waals surface area contributed by atoms with Crippen LogP contribution < -0.4 is 5.56 Å². The Bertz CT molecular complexity index is 1340. The summed E-state index contributed by atoms with van der Waals surface area (Å²) in [5, 5.41) is 22.4. The lowest BCUT2D eigenvalue weighted by Crippen LogP contribution is -2.33. The maximum absolute atomic E-state index is 13.4. The van der Waals surface area contributed by atoms with Crippen molar-refractivity contribution in [2.45, 2.75) is 26.5 Å². The van der Waals surface area contributed by atoms with Gasteiger partial charge in [0.2, 0.25) is 0 Å². The Labute approximate surface area is 175 Å². The predicted molar refractivity (Wildman–Crippen MR) is 110 cm³/mol. The number of benzene rings is 1. The number of halogens is 1. The third-order valence-electron chi connectivity index (χ3n) is 5.08. The lowest BCUT2D eigenvalue weighted by Gasteiger charge is -2.19. The van der Waals surface area contributed by atoms with Crippen molar-refractivity contribution in [1.82, 2.24) is 24.4 Å². The molecular formula is C21H20FN5O4. The Hall–Kier alpha value is -3.66. The molecule has 9 nitrogen and oxygen atoms in total. The maximum atomic E-state index is 13.4. The van der Waals surface area contributed by atoms with Crippen LogP contribution in [-0.4, -0.2) is 42.6 Å². The molecule has 1 unspecified atom stereocenters. The zero-order chi connectivity index (χ0) is 22.3. The molecule has 31 heavy (non-hydrogen) atoms. The molecule has 3 aromatic heterocycles. The summed E-state index contributed by atoms with van der Waals surface area (Å²) in [6.07, 6.45) is 1.43. The maximum Gasteiger partial charge on any atom is 0.327 e. The van der Waals surface area contributed by atoms with Crippen LogP contribution in [0.15, 0.2) is 41.3 Å². The number of carboxylic acid groups (broad SMARTS) is 1. The van der Waals surface area contributed by atoms with Gasteiger partial charge >= 0.3 is 5.97 Å². The van der Waals surface area contributed by atoms with E-state index in [9.17, 15) is 19.1 Å². The number of ether oxygens (including phenoxy) is 1. The van der Waals surface area contributed by atoms with Gasteiger partial charge < -0.3 is 9.84 Å². The van der Waals surface area contributed by atoms with Crippen molar-refractivity contribution in [2.75, 3.05) is 7.11 Å². The lowest BCUT2D eigenvalue weighted by atomic mass is 10.0. The number of hydrogen-bond acceptors (Lipinski definition) is 6. The minimum atomic E-state index is -1.11. The minimum absolute atomic E-state index is 0.000905. The summed E-state index contributed by atoms with van der Waals surface area (Å²) in [6.45, 7) is 3.62. The standard InChI is InChI=1S/C21H20FN5O4/c1-11(2)18(21(29)30)26-9-8-15-17(20(26)28)23-24-19-16(12-4-6-13(22)7-5-12)14(10-31-3)25-27(15)19/h4-9,11,18H,10H2,1-3H3,(H,29,30). The van der Waals surface area contributed by atoms with Gasteiger partial charge in [0.05, 0.1) is 17.9 Å². The van der Waals surface area contributed by atoms with Crippen LogP contribution in [0, 0.1) is 11.7 Å². The number of carboxylic acids is 1. The molecule has 0 saturated carbocycles. The van der Waals surface area contributed by atoms with E-state index in [1.165, 1.54) is 30.0 Å². The van der Waals surface area contributed by atoms with Gasteiger partial charge in [0, 0.05) is 13.3 Å². The number of carbonyl (C=O) groups is 1. The smallest absolute Gasteiger partial charge is 0.327 e. The summed E-state index contributed by atoms with van der Waals surface area (Å²) in [5.41, 5.74) is 2.03. The van der Waals surface area contributed by atoms with Gasteiger partial charge in [-0.25, -0.2) is 13.7 Å². The van der Waals surface area contributed by atoms with Crippen molar-refractivity contribution in [1.29, 1.82) is 0 Å². The molecule has 4 aromatic rings. The highest BCUT2D eigenvalue weighted by atomic mass is 19.1. The third-order valence-corrected chi connectivity index (χ3v) is 5.08. The summed E-state index contributed by atoms with van der Waals surface area (Å²) in [7, 11) is 1.53. The molecule has 160 valence electrons. The highest BCUT2D eigenvalue weighted by Crippen LogP contribution is 2.29. The largest absolute Gasteiger partial charge is 0.480 e. The number of fused-ring (bicyclic) bond motifs is 3. The van der Waals surface area contributed by atoms with Crippen molar-refractivity contribution in [3.05, 3.63) is 58.4 Å². The molecule has 0 amide bonds. The number of nitrogens with zero attached hydrogens (tertiary/aromatic N) is 5. The van der Waals surface area contributed by atoms with E-state index in [2.05, 4.69) is 15.3 Å². The fourth-order valence-electron chi connectivity index (χ4n) is 3.70. The summed E-state index contributed by atoms with van der Waals surface area (Å²) < 4.78 is 21.3. The van der Waals surface area contributed by atoms with E-state index in [-0.39, 0.29) is 23.9 Å². The second-order valence-corrected chi connectivity index (χ2v) is 7.49. The van der Waals surface area contributed by atoms with Gasteiger partial charge in [-0.15, -0.1) is 10.2 Å². The fourth-order valence-corrected chi connectivity index (χ4v) is 3.70. The molecule has 4 rings (SSSR count). The topological polar surface area (TPSA) is 112 Å². The van der Waals surface area contributed by atoms with Crippen LogP contribution in [0.4, 0.5) is 4.39 Å². The van der Waals surface area contributed by atoms with Crippen molar-refractivity contribution in [3.8, 4) is 11.1 Å². The second kappa shape index (κ2) is 7.88. The van der Waals surface area contributed by atoms with Gasteiger partial charge in [0.15, 0.2) is 11.2 Å². The van der Waals surface area contributed by atoms with Gasteiger partial charge in [-0.1, -0.05) is 26.0 Å². The van der Waals surface area contributed by atoms with Gasteiger partial charge in [-0.05, 0) is 29.7 Å². The molecule has 10 heteroatoms. The van der Waals surface area contributed by atoms with E-state index in [0.29, 0.717) is 28.0 Å². The van der Waals surface area contributed by atoms with Crippen LogP contribution in [0.2, 0.25) is 0 Å². The van der Waals surface area contributed by atoms with Crippen molar-refractivity contribution < 1.29 is 19.0 Å². The molecule has 0 aliphatic carbocycles. The van der Waals surface area contributed by atoms with Gasteiger partial charge in [0.25, 0.3) is 5.56 Å². The van der Waals surface area contributed by atoms with E-state index in [1.807, 2.05) is 0 Å². The van der Waals surface area contributed by atoms with E-state index >= 15 is 0 Å². The Morgan fingerprint density at radius 2 is 1.90 bits per heavy atom. The zero-order valence-electron chi connectivity index (χ0n) is 17.1. The van der Waals surface area contributed by atoms with E-state index in [4.69, 9.17) is 4.74 Å². The van der Waals surface area contributed by atoms with Gasteiger partial charge in [-0.3, -0.25) is 9.36 Å².